The molecule has 1 atom stereocenters. The lowest BCUT2D eigenvalue weighted by Gasteiger charge is -2.26. The van der Waals surface area contributed by atoms with Gasteiger partial charge in [-0.2, -0.15) is 0 Å². The van der Waals surface area contributed by atoms with Crippen LogP contribution in [0.4, 0.5) is 0 Å². The summed E-state index contributed by atoms with van der Waals surface area (Å²) in [6.45, 7) is 4.03. The summed E-state index contributed by atoms with van der Waals surface area (Å²) in [5, 5.41) is 3.01. The van der Waals surface area contributed by atoms with E-state index in [0.29, 0.717) is 6.54 Å². The summed E-state index contributed by atoms with van der Waals surface area (Å²) in [6.07, 6.45) is 5.19. The molecule has 0 unspecified atom stereocenters. The van der Waals surface area contributed by atoms with Gasteiger partial charge in [-0.15, -0.1) is 0 Å². The highest BCUT2D eigenvalue weighted by Crippen LogP contribution is 2.18. The lowest BCUT2D eigenvalue weighted by molar-refractivity contribution is -0.118. The number of nitrogens with zero attached hydrogens (tertiary/aromatic N) is 1. The van der Waals surface area contributed by atoms with Crippen molar-refractivity contribution in [2.24, 2.45) is 0 Å². The monoisotopic (exact) mass is 330 g/mol. The van der Waals surface area contributed by atoms with Crippen LogP contribution in [0.3, 0.4) is 0 Å². The Hall–Kier alpha value is -1.85. The highest BCUT2D eigenvalue weighted by molar-refractivity contribution is 5.93. The van der Waals surface area contributed by atoms with Crippen LogP contribution in [0.2, 0.25) is 0 Å². The standard InChI is InChI=1S/C19H26N2O3/c1-23-17-5-2-4-15(12-17)14-21-9-7-16(8-10-21)19(22)20-13-18-6-3-11-24-18/h2,4-5,7,12,18H,3,6,8-11,13-14H2,1H3,(H,20,22)/t18-/m0/s1. The minimum Gasteiger partial charge on any atom is -0.497 e. The van der Waals surface area contributed by atoms with E-state index < -0.39 is 0 Å². The molecule has 1 saturated heterocycles. The molecule has 1 fully saturated rings. The van der Waals surface area contributed by atoms with E-state index >= 15 is 0 Å². The molecule has 1 aromatic carbocycles. The second-order valence-electron chi connectivity index (χ2n) is 6.41. The van der Waals surface area contributed by atoms with Crippen LogP contribution >= 0.6 is 0 Å². The first kappa shape index (κ1) is 17.0. The average Bonchev–Trinajstić information content (AvgIpc) is 3.14. The predicted octanol–water partition coefficient (Wildman–Crippen LogP) is 2.12. The number of carbonyl (C=O) groups excluding carboxylic acids is 1. The number of nitrogens with one attached hydrogen (secondary N) is 1. The molecule has 0 aliphatic carbocycles. The van der Waals surface area contributed by atoms with Crippen molar-refractivity contribution < 1.29 is 14.3 Å². The molecular formula is C19H26N2O3. The van der Waals surface area contributed by atoms with Gasteiger partial charge in [0.2, 0.25) is 5.91 Å². The fraction of sp³-hybridized carbons (Fsp3) is 0.526. The molecule has 0 spiro atoms. The first-order valence-electron chi connectivity index (χ1n) is 8.69. The smallest absolute Gasteiger partial charge is 0.247 e. The molecule has 1 aromatic rings. The Morgan fingerprint density at radius 3 is 3.08 bits per heavy atom. The number of hydrogen-bond acceptors (Lipinski definition) is 4. The van der Waals surface area contributed by atoms with Crippen molar-refractivity contribution in [3.05, 3.63) is 41.5 Å². The molecule has 24 heavy (non-hydrogen) atoms. The zero-order chi connectivity index (χ0) is 16.8. The van der Waals surface area contributed by atoms with Crippen LogP contribution in [0.25, 0.3) is 0 Å². The van der Waals surface area contributed by atoms with Crippen molar-refractivity contribution >= 4 is 5.91 Å². The zero-order valence-corrected chi connectivity index (χ0v) is 14.3. The normalized spacial score (nSPS) is 21.4. The van der Waals surface area contributed by atoms with Gasteiger partial charge in [-0.25, -0.2) is 0 Å². The molecule has 2 aliphatic rings. The van der Waals surface area contributed by atoms with E-state index in [0.717, 1.165) is 56.8 Å². The van der Waals surface area contributed by atoms with Crippen molar-refractivity contribution in [2.45, 2.75) is 31.9 Å². The van der Waals surface area contributed by atoms with Gasteiger partial charge in [0, 0.05) is 38.4 Å². The Morgan fingerprint density at radius 2 is 2.38 bits per heavy atom. The quantitative estimate of drug-likeness (QED) is 0.868. The van der Waals surface area contributed by atoms with E-state index in [4.69, 9.17) is 9.47 Å². The average molecular weight is 330 g/mol. The molecule has 130 valence electrons. The maximum absolute atomic E-state index is 12.2. The van der Waals surface area contributed by atoms with Crippen molar-refractivity contribution in [3.63, 3.8) is 0 Å². The van der Waals surface area contributed by atoms with Crippen LogP contribution in [0.1, 0.15) is 24.8 Å². The van der Waals surface area contributed by atoms with Crippen LogP contribution in [0.5, 0.6) is 5.75 Å². The highest BCUT2D eigenvalue weighted by atomic mass is 16.5. The second-order valence-corrected chi connectivity index (χ2v) is 6.41. The van der Waals surface area contributed by atoms with Gasteiger partial charge in [0.1, 0.15) is 5.75 Å². The molecule has 5 heteroatoms. The summed E-state index contributed by atoms with van der Waals surface area (Å²) in [6, 6.07) is 8.14. The Labute approximate surface area is 143 Å². The van der Waals surface area contributed by atoms with Crippen LogP contribution in [0.15, 0.2) is 35.9 Å². The number of benzene rings is 1. The summed E-state index contributed by atoms with van der Waals surface area (Å²) in [5.74, 6) is 0.945. The van der Waals surface area contributed by atoms with Gasteiger partial charge in [-0.3, -0.25) is 9.69 Å². The summed E-state index contributed by atoms with van der Waals surface area (Å²) >= 11 is 0. The summed E-state index contributed by atoms with van der Waals surface area (Å²) in [7, 11) is 1.68. The van der Waals surface area contributed by atoms with Crippen LogP contribution < -0.4 is 10.1 Å². The van der Waals surface area contributed by atoms with Gasteiger partial charge in [-0.05, 0) is 37.0 Å². The fourth-order valence-electron chi connectivity index (χ4n) is 3.22. The summed E-state index contributed by atoms with van der Waals surface area (Å²) in [4.78, 5) is 14.6. The first-order valence-corrected chi connectivity index (χ1v) is 8.69. The molecule has 0 bridgehead atoms. The Morgan fingerprint density at radius 1 is 1.46 bits per heavy atom. The van der Waals surface area contributed by atoms with E-state index in [9.17, 15) is 4.79 Å². The van der Waals surface area contributed by atoms with Crippen LogP contribution in [-0.2, 0) is 16.1 Å². The van der Waals surface area contributed by atoms with Crippen molar-refractivity contribution in [1.29, 1.82) is 0 Å². The Kier molecular flexibility index (Phi) is 5.88. The fourth-order valence-corrected chi connectivity index (χ4v) is 3.22. The Balaban J connectivity index is 1.47. The second kappa shape index (κ2) is 8.31. The van der Waals surface area contributed by atoms with Gasteiger partial charge in [-0.1, -0.05) is 18.2 Å². The largest absolute Gasteiger partial charge is 0.497 e. The van der Waals surface area contributed by atoms with Gasteiger partial charge >= 0.3 is 0 Å². The third kappa shape index (κ3) is 4.58. The predicted molar refractivity (Wildman–Crippen MR) is 93.0 cm³/mol. The molecule has 0 aromatic heterocycles. The van der Waals surface area contributed by atoms with Crippen molar-refractivity contribution in [1.82, 2.24) is 10.2 Å². The van der Waals surface area contributed by atoms with Crippen molar-refractivity contribution in [3.8, 4) is 5.75 Å². The van der Waals surface area contributed by atoms with Crippen LogP contribution in [-0.4, -0.2) is 50.3 Å². The number of rotatable bonds is 6. The van der Waals surface area contributed by atoms with Gasteiger partial charge in [0.15, 0.2) is 0 Å². The molecule has 0 radical (unpaired) electrons. The molecule has 2 aliphatic heterocycles. The number of ether oxygens (including phenoxy) is 2. The summed E-state index contributed by atoms with van der Waals surface area (Å²) in [5.41, 5.74) is 2.13. The van der Waals surface area contributed by atoms with E-state index in [-0.39, 0.29) is 12.0 Å². The van der Waals surface area contributed by atoms with E-state index in [1.165, 1.54) is 5.56 Å². The van der Waals surface area contributed by atoms with E-state index in [2.05, 4.69) is 28.4 Å². The Bertz CT molecular complexity index is 594. The first-order chi connectivity index (χ1) is 11.7. The highest BCUT2D eigenvalue weighted by Gasteiger charge is 2.20. The molecule has 2 heterocycles. The minimum atomic E-state index is 0.0616. The molecule has 3 rings (SSSR count). The lowest BCUT2D eigenvalue weighted by Crippen LogP contribution is -2.36. The minimum absolute atomic E-state index is 0.0616. The summed E-state index contributed by atoms with van der Waals surface area (Å²) < 4.78 is 10.8. The van der Waals surface area contributed by atoms with Gasteiger partial charge in [0.25, 0.3) is 0 Å². The molecule has 1 amide bonds. The van der Waals surface area contributed by atoms with Crippen molar-refractivity contribution in [2.75, 3.05) is 33.4 Å². The zero-order valence-electron chi connectivity index (χ0n) is 14.3. The molecule has 1 N–H and O–H groups in total. The van der Waals surface area contributed by atoms with E-state index in [1.54, 1.807) is 7.11 Å². The molecule has 0 saturated carbocycles. The number of carbonyl (C=O) groups is 1. The third-order valence-corrected chi connectivity index (χ3v) is 4.64. The molecule has 5 nitrogen and oxygen atoms in total. The lowest BCUT2D eigenvalue weighted by atomic mass is 10.1. The maximum atomic E-state index is 12.2. The number of methoxy groups -OCH3 is 1. The number of amides is 1. The SMILES string of the molecule is COc1cccc(CN2CC=C(C(=O)NC[C@@H]3CCCO3)CC2)c1. The third-order valence-electron chi connectivity index (χ3n) is 4.64. The number of hydrogen-bond donors (Lipinski definition) is 1. The topological polar surface area (TPSA) is 50.8 Å². The van der Waals surface area contributed by atoms with E-state index in [1.807, 2.05) is 12.1 Å². The van der Waals surface area contributed by atoms with Crippen LogP contribution in [0, 0.1) is 0 Å². The maximum Gasteiger partial charge on any atom is 0.247 e. The van der Waals surface area contributed by atoms with Gasteiger partial charge < -0.3 is 14.8 Å². The molecular weight excluding hydrogens is 304 g/mol. The van der Waals surface area contributed by atoms with Gasteiger partial charge in [0.05, 0.1) is 13.2 Å².